The zero-order chi connectivity index (χ0) is 14.4. The molecule has 0 amide bonds. The van der Waals surface area contributed by atoms with Crippen LogP contribution in [-0.4, -0.2) is 25.7 Å². The summed E-state index contributed by atoms with van der Waals surface area (Å²) < 4.78 is 39.0. The molecule has 0 radical (unpaired) electrons. The minimum atomic E-state index is -3.58. The highest BCUT2D eigenvalue weighted by atomic mass is 32.2. The van der Waals surface area contributed by atoms with Gasteiger partial charge in [-0.1, -0.05) is 6.07 Å². The van der Waals surface area contributed by atoms with E-state index in [9.17, 15) is 12.8 Å². The second kappa shape index (κ2) is 6.83. The summed E-state index contributed by atoms with van der Waals surface area (Å²) in [6.07, 6.45) is 1.69. The molecule has 2 aromatic rings. The van der Waals surface area contributed by atoms with E-state index in [0.717, 1.165) is 17.2 Å². The van der Waals surface area contributed by atoms with Crippen LogP contribution in [0.3, 0.4) is 0 Å². The minimum Gasteiger partial charge on any atom is -0.250 e. The molecule has 0 saturated heterocycles. The van der Waals surface area contributed by atoms with Crippen molar-refractivity contribution in [3.05, 3.63) is 54.5 Å². The van der Waals surface area contributed by atoms with Crippen molar-refractivity contribution in [3.8, 4) is 0 Å². The second-order valence-electron chi connectivity index (χ2n) is 3.87. The molecule has 106 valence electrons. The Morgan fingerprint density at radius 1 is 1.15 bits per heavy atom. The number of halogens is 1. The maximum absolute atomic E-state index is 12.7. The Balaban J connectivity index is 1.85. The number of hydrogen-bond donors (Lipinski definition) is 1. The molecule has 20 heavy (non-hydrogen) atoms. The van der Waals surface area contributed by atoms with Gasteiger partial charge >= 0.3 is 0 Å². The molecule has 2 rings (SSSR count). The van der Waals surface area contributed by atoms with Gasteiger partial charge in [0.15, 0.2) is 0 Å². The Kier molecular flexibility index (Phi) is 5.11. The molecule has 1 aromatic carbocycles. The van der Waals surface area contributed by atoms with Crippen LogP contribution in [0.2, 0.25) is 0 Å². The van der Waals surface area contributed by atoms with Crippen molar-refractivity contribution >= 4 is 21.8 Å². The van der Waals surface area contributed by atoms with Crippen LogP contribution in [0, 0.1) is 5.82 Å². The van der Waals surface area contributed by atoms with E-state index >= 15 is 0 Å². The lowest BCUT2D eigenvalue weighted by Gasteiger charge is -2.06. The number of aromatic nitrogens is 1. The molecule has 0 aliphatic carbocycles. The monoisotopic (exact) mass is 312 g/mol. The highest BCUT2D eigenvalue weighted by Gasteiger charge is 2.12. The number of pyridine rings is 1. The van der Waals surface area contributed by atoms with E-state index in [-0.39, 0.29) is 11.4 Å². The fraction of sp³-hybridized carbons (Fsp3) is 0.154. The van der Waals surface area contributed by atoms with Crippen molar-refractivity contribution in [2.24, 2.45) is 0 Å². The lowest BCUT2D eigenvalue weighted by molar-refractivity contribution is 0.583. The van der Waals surface area contributed by atoms with Crippen molar-refractivity contribution in [1.29, 1.82) is 0 Å². The first-order chi connectivity index (χ1) is 9.58. The standard InChI is InChI=1S/C13H13FN2O2S2/c14-11-4-6-12(7-5-11)20(17,18)16-9-10-19-13-3-1-2-8-15-13/h1-8,16H,9-10H2. The lowest BCUT2D eigenvalue weighted by atomic mass is 10.4. The molecule has 0 unspecified atom stereocenters. The lowest BCUT2D eigenvalue weighted by Crippen LogP contribution is -2.26. The van der Waals surface area contributed by atoms with Crippen molar-refractivity contribution in [2.75, 3.05) is 12.3 Å². The maximum Gasteiger partial charge on any atom is 0.240 e. The van der Waals surface area contributed by atoms with Gasteiger partial charge in [-0.3, -0.25) is 0 Å². The van der Waals surface area contributed by atoms with Crippen LogP contribution in [0.1, 0.15) is 0 Å². The first kappa shape index (κ1) is 15.0. The summed E-state index contributed by atoms with van der Waals surface area (Å²) in [6.45, 7) is 0.279. The van der Waals surface area contributed by atoms with Crippen LogP contribution in [0.15, 0.2) is 58.6 Å². The molecule has 4 nitrogen and oxygen atoms in total. The van der Waals surface area contributed by atoms with E-state index in [1.54, 1.807) is 6.20 Å². The number of thioether (sulfide) groups is 1. The van der Waals surface area contributed by atoms with Crippen molar-refractivity contribution in [1.82, 2.24) is 9.71 Å². The average Bonchev–Trinajstić information content (AvgIpc) is 2.45. The van der Waals surface area contributed by atoms with Crippen molar-refractivity contribution < 1.29 is 12.8 Å². The molecular weight excluding hydrogens is 299 g/mol. The Labute approximate surface area is 121 Å². The first-order valence-electron chi connectivity index (χ1n) is 5.87. The molecule has 0 atom stereocenters. The van der Waals surface area contributed by atoms with E-state index in [2.05, 4.69) is 9.71 Å². The topological polar surface area (TPSA) is 59.1 Å². The third-order valence-corrected chi connectivity index (χ3v) is 4.83. The summed E-state index contributed by atoms with van der Waals surface area (Å²) in [5.41, 5.74) is 0. The van der Waals surface area contributed by atoms with Crippen molar-refractivity contribution in [2.45, 2.75) is 9.92 Å². The zero-order valence-corrected chi connectivity index (χ0v) is 12.1. The number of nitrogens with zero attached hydrogens (tertiary/aromatic N) is 1. The summed E-state index contributed by atoms with van der Waals surface area (Å²) in [4.78, 5) is 4.18. The van der Waals surface area contributed by atoms with Gasteiger partial charge in [0.05, 0.1) is 9.92 Å². The number of nitrogens with one attached hydrogen (secondary N) is 1. The van der Waals surface area contributed by atoms with E-state index in [4.69, 9.17) is 0 Å². The largest absolute Gasteiger partial charge is 0.250 e. The smallest absolute Gasteiger partial charge is 0.240 e. The van der Waals surface area contributed by atoms with Gasteiger partial charge in [-0.15, -0.1) is 11.8 Å². The molecule has 7 heteroatoms. The van der Waals surface area contributed by atoms with Gasteiger partial charge in [0.25, 0.3) is 0 Å². The van der Waals surface area contributed by atoms with Gasteiger partial charge in [0.1, 0.15) is 5.82 Å². The van der Waals surface area contributed by atoms with Crippen LogP contribution in [0.25, 0.3) is 0 Å². The molecule has 0 aliphatic rings. The normalized spacial score (nSPS) is 11.4. The van der Waals surface area contributed by atoms with E-state index < -0.39 is 15.8 Å². The summed E-state index contributed by atoms with van der Waals surface area (Å²) in [7, 11) is -3.58. The van der Waals surface area contributed by atoms with Gasteiger partial charge in [0, 0.05) is 18.5 Å². The second-order valence-corrected chi connectivity index (χ2v) is 6.75. The molecule has 0 aliphatic heterocycles. The molecule has 0 spiro atoms. The molecule has 0 fully saturated rings. The Bertz CT molecular complexity index is 646. The summed E-state index contributed by atoms with van der Waals surface area (Å²) >= 11 is 1.46. The van der Waals surface area contributed by atoms with Crippen LogP contribution in [0.5, 0.6) is 0 Å². The van der Waals surface area contributed by atoms with Crippen LogP contribution < -0.4 is 4.72 Å². The molecule has 1 heterocycles. The quantitative estimate of drug-likeness (QED) is 0.657. The Hall–Kier alpha value is -1.44. The Morgan fingerprint density at radius 3 is 2.55 bits per heavy atom. The first-order valence-corrected chi connectivity index (χ1v) is 8.34. The highest BCUT2D eigenvalue weighted by Crippen LogP contribution is 2.14. The SMILES string of the molecule is O=S(=O)(NCCSc1ccccn1)c1ccc(F)cc1. The van der Waals surface area contributed by atoms with E-state index in [0.29, 0.717) is 5.75 Å². The fourth-order valence-corrected chi connectivity index (χ4v) is 3.35. The van der Waals surface area contributed by atoms with Gasteiger partial charge in [-0.05, 0) is 36.4 Å². The molecule has 1 aromatic heterocycles. The van der Waals surface area contributed by atoms with Crippen LogP contribution >= 0.6 is 11.8 Å². The predicted molar refractivity (Wildman–Crippen MR) is 76.5 cm³/mol. The number of rotatable bonds is 6. The van der Waals surface area contributed by atoms with Gasteiger partial charge in [0.2, 0.25) is 10.0 Å². The van der Waals surface area contributed by atoms with Gasteiger partial charge in [-0.2, -0.15) is 0 Å². The predicted octanol–water partition coefficient (Wildman–Crippen LogP) is 2.29. The van der Waals surface area contributed by atoms with E-state index in [1.165, 1.54) is 23.9 Å². The summed E-state index contributed by atoms with van der Waals surface area (Å²) in [6, 6.07) is 10.3. The number of hydrogen-bond acceptors (Lipinski definition) is 4. The molecule has 0 saturated carbocycles. The Morgan fingerprint density at radius 2 is 1.90 bits per heavy atom. The molecular formula is C13H13FN2O2S2. The van der Waals surface area contributed by atoms with Crippen molar-refractivity contribution in [3.63, 3.8) is 0 Å². The van der Waals surface area contributed by atoms with Crippen LogP contribution in [-0.2, 0) is 10.0 Å². The van der Waals surface area contributed by atoms with Gasteiger partial charge < -0.3 is 0 Å². The molecule has 1 N–H and O–H groups in total. The maximum atomic E-state index is 12.7. The summed E-state index contributed by atoms with van der Waals surface area (Å²) in [5.74, 6) is 0.104. The molecule has 0 bridgehead atoms. The third kappa shape index (κ3) is 4.29. The minimum absolute atomic E-state index is 0.0572. The number of sulfonamides is 1. The van der Waals surface area contributed by atoms with E-state index in [1.807, 2.05) is 18.2 Å². The zero-order valence-electron chi connectivity index (χ0n) is 10.5. The number of benzene rings is 1. The average molecular weight is 312 g/mol. The highest BCUT2D eigenvalue weighted by molar-refractivity contribution is 7.99. The fourth-order valence-electron chi connectivity index (χ4n) is 1.46. The third-order valence-electron chi connectivity index (χ3n) is 2.41. The summed E-state index contributed by atoms with van der Waals surface area (Å²) in [5, 5.41) is 0.841. The van der Waals surface area contributed by atoms with Gasteiger partial charge in [-0.25, -0.2) is 22.5 Å². The van der Waals surface area contributed by atoms with Crippen LogP contribution in [0.4, 0.5) is 4.39 Å².